The number of nitrogens with two attached hydrogens (primary N) is 1. The number of benzene rings is 1. The van der Waals surface area contributed by atoms with Gasteiger partial charge in [-0.2, -0.15) is 18.2 Å². The van der Waals surface area contributed by atoms with E-state index in [0.29, 0.717) is 17.0 Å². The van der Waals surface area contributed by atoms with Gasteiger partial charge in [-0.3, -0.25) is 0 Å². The normalized spacial score (nSPS) is 16.9. The lowest BCUT2D eigenvalue weighted by molar-refractivity contribution is -0.137. The molecular weight excluding hydrogens is 351 g/mol. The minimum absolute atomic E-state index is 0.165. The third-order valence-corrected chi connectivity index (χ3v) is 3.86. The van der Waals surface area contributed by atoms with Gasteiger partial charge in [0.1, 0.15) is 17.5 Å². The van der Waals surface area contributed by atoms with Gasteiger partial charge in [-0.15, -0.1) is 0 Å². The van der Waals surface area contributed by atoms with Crippen LogP contribution in [0, 0.1) is 6.92 Å². The lowest BCUT2D eigenvalue weighted by Crippen LogP contribution is -2.19. The third-order valence-electron chi connectivity index (χ3n) is 3.86. The molecule has 26 heavy (non-hydrogen) atoms. The van der Waals surface area contributed by atoms with Gasteiger partial charge in [-0.1, -0.05) is 0 Å². The largest absolute Gasteiger partial charge is 0.483 e. The standard InChI is InChI=1S/C17H14F3N3O3/c1-8-4-11(22-12(5-8)15(21)23-16(24)25)14-7-9-6-10(17(18,19)20)2-3-13(9)26-14/h2-6,14H,7H2,1H3,(H2,21,23)(H,24,25). The van der Waals surface area contributed by atoms with E-state index in [4.69, 9.17) is 15.6 Å². The van der Waals surface area contributed by atoms with E-state index in [0.717, 1.165) is 17.7 Å². The summed E-state index contributed by atoms with van der Waals surface area (Å²) in [5, 5.41) is 8.69. The Bertz CT molecular complexity index is 910. The molecule has 0 radical (unpaired) electrons. The summed E-state index contributed by atoms with van der Waals surface area (Å²) in [5.74, 6) is 0.0948. The fourth-order valence-electron chi connectivity index (χ4n) is 2.74. The number of hydrogen-bond acceptors (Lipinski definition) is 3. The van der Waals surface area contributed by atoms with Gasteiger partial charge in [0.25, 0.3) is 0 Å². The average molecular weight is 365 g/mol. The van der Waals surface area contributed by atoms with Crippen molar-refractivity contribution in [2.45, 2.75) is 25.6 Å². The first kappa shape index (κ1) is 17.7. The van der Waals surface area contributed by atoms with Crippen molar-refractivity contribution in [1.82, 2.24) is 4.98 Å². The SMILES string of the molecule is Cc1cc(/C(N)=N/C(=O)O)nc(C2Cc3cc(C(F)(F)F)ccc3O2)c1. The molecule has 1 aliphatic heterocycles. The Balaban J connectivity index is 1.91. The summed E-state index contributed by atoms with van der Waals surface area (Å²) in [6, 6.07) is 6.59. The Labute approximate surface area is 146 Å². The summed E-state index contributed by atoms with van der Waals surface area (Å²) in [7, 11) is 0. The van der Waals surface area contributed by atoms with Crippen LogP contribution in [0.2, 0.25) is 0 Å². The van der Waals surface area contributed by atoms with E-state index in [9.17, 15) is 18.0 Å². The molecule has 0 saturated carbocycles. The zero-order valence-corrected chi connectivity index (χ0v) is 13.5. The molecule has 0 spiro atoms. The molecule has 1 unspecified atom stereocenters. The summed E-state index contributed by atoms with van der Waals surface area (Å²) >= 11 is 0. The highest BCUT2D eigenvalue weighted by molar-refractivity contribution is 6.01. The summed E-state index contributed by atoms with van der Waals surface area (Å²) in [6.07, 6.45) is -6.25. The van der Waals surface area contributed by atoms with E-state index in [1.807, 2.05) is 0 Å². The van der Waals surface area contributed by atoms with Crippen molar-refractivity contribution in [2.24, 2.45) is 10.7 Å². The van der Waals surface area contributed by atoms with Gasteiger partial charge in [0.2, 0.25) is 0 Å². The van der Waals surface area contributed by atoms with E-state index in [2.05, 4.69) is 9.98 Å². The minimum atomic E-state index is -4.43. The Morgan fingerprint density at radius 3 is 2.73 bits per heavy atom. The maximum absolute atomic E-state index is 12.8. The summed E-state index contributed by atoms with van der Waals surface area (Å²) in [4.78, 5) is 18.1. The molecule has 6 nitrogen and oxygen atoms in total. The predicted octanol–water partition coefficient (Wildman–Crippen LogP) is 3.47. The zero-order valence-electron chi connectivity index (χ0n) is 13.5. The Kier molecular flexibility index (Phi) is 4.31. The molecule has 0 bridgehead atoms. The molecule has 1 amide bonds. The number of fused-ring (bicyclic) bond motifs is 1. The first-order valence-corrected chi connectivity index (χ1v) is 7.56. The van der Waals surface area contributed by atoms with Gasteiger partial charge in [0.15, 0.2) is 5.84 Å². The number of pyridine rings is 1. The Morgan fingerprint density at radius 2 is 2.08 bits per heavy atom. The molecule has 0 aliphatic carbocycles. The van der Waals surface area contributed by atoms with Crippen LogP contribution in [0.5, 0.6) is 5.75 Å². The van der Waals surface area contributed by atoms with Gasteiger partial charge >= 0.3 is 12.3 Å². The average Bonchev–Trinajstić information content (AvgIpc) is 2.96. The monoisotopic (exact) mass is 365 g/mol. The van der Waals surface area contributed by atoms with Gasteiger partial charge in [-0.05, 0) is 48.4 Å². The molecule has 136 valence electrons. The number of halogens is 3. The van der Waals surface area contributed by atoms with Crippen LogP contribution in [0.3, 0.4) is 0 Å². The van der Waals surface area contributed by atoms with Crippen LogP contribution in [0.1, 0.15) is 34.2 Å². The fourth-order valence-corrected chi connectivity index (χ4v) is 2.74. The number of rotatable bonds is 2. The number of amidine groups is 1. The maximum Gasteiger partial charge on any atom is 0.433 e. The number of ether oxygens (including phenoxy) is 1. The van der Waals surface area contributed by atoms with Crippen molar-refractivity contribution >= 4 is 11.9 Å². The molecule has 1 aromatic carbocycles. The molecular formula is C17H14F3N3O3. The quantitative estimate of drug-likeness (QED) is 0.627. The molecule has 3 rings (SSSR count). The number of aromatic nitrogens is 1. The topological polar surface area (TPSA) is 97.8 Å². The number of carbonyl (C=O) groups is 1. The van der Waals surface area contributed by atoms with E-state index in [1.54, 1.807) is 19.1 Å². The highest BCUT2D eigenvalue weighted by Gasteiger charge is 2.34. The fraction of sp³-hybridized carbons (Fsp3) is 0.235. The number of amides is 1. The lowest BCUT2D eigenvalue weighted by atomic mass is 10.0. The van der Waals surface area contributed by atoms with Crippen LogP contribution in [0.15, 0.2) is 35.3 Å². The second-order valence-electron chi connectivity index (χ2n) is 5.87. The molecule has 9 heteroatoms. The molecule has 3 N–H and O–H groups in total. The van der Waals surface area contributed by atoms with Crippen LogP contribution < -0.4 is 10.5 Å². The zero-order chi connectivity index (χ0) is 19.1. The second kappa shape index (κ2) is 6.32. The highest BCUT2D eigenvalue weighted by Crippen LogP contribution is 2.40. The van der Waals surface area contributed by atoms with Crippen LogP contribution in [0.4, 0.5) is 18.0 Å². The van der Waals surface area contributed by atoms with Crippen molar-refractivity contribution in [3.8, 4) is 5.75 Å². The summed E-state index contributed by atoms with van der Waals surface area (Å²) < 4.78 is 44.2. The number of hydrogen-bond donors (Lipinski definition) is 2. The molecule has 0 saturated heterocycles. The number of aryl methyl sites for hydroxylation is 1. The smallest absolute Gasteiger partial charge is 0.433 e. The molecule has 2 heterocycles. The van der Waals surface area contributed by atoms with Crippen molar-refractivity contribution in [3.63, 3.8) is 0 Å². The maximum atomic E-state index is 12.8. The Morgan fingerprint density at radius 1 is 1.35 bits per heavy atom. The molecule has 1 aliphatic rings. The summed E-state index contributed by atoms with van der Waals surface area (Å²) in [6.45, 7) is 1.76. The van der Waals surface area contributed by atoms with Crippen LogP contribution >= 0.6 is 0 Å². The van der Waals surface area contributed by atoms with Crippen LogP contribution in [0.25, 0.3) is 0 Å². The predicted molar refractivity (Wildman–Crippen MR) is 86.2 cm³/mol. The van der Waals surface area contributed by atoms with Gasteiger partial charge in [0.05, 0.1) is 11.3 Å². The van der Waals surface area contributed by atoms with Crippen LogP contribution in [-0.2, 0) is 12.6 Å². The second-order valence-corrected chi connectivity index (χ2v) is 5.87. The highest BCUT2D eigenvalue weighted by atomic mass is 19.4. The number of alkyl halides is 3. The molecule has 1 atom stereocenters. The van der Waals surface area contributed by atoms with Crippen molar-refractivity contribution < 1.29 is 27.8 Å². The minimum Gasteiger partial charge on any atom is -0.483 e. The molecule has 1 aromatic heterocycles. The lowest BCUT2D eigenvalue weighted by Gasteiger charge is -2.12. The van der Waals surface area contributed by atoms with Crippen LogP contribution in [-0.4, -0.2) is 22.0 Å². The summed E-state index contributed by atoms with van der Waals surface area (Å²) in [5.41, 5.74) is 6.66. The Hall–Kier alpha value is -3.10. The van der Waals surface area contributed by atoms with E-state index in [1.165, 1.54) is 6.07 Å². The van der Waals surface area contributed by atoms with E-state index in [-0.39, 0.29) is 18.0 Å². The third kappa shape index (κ3) is 3.61. The van der Waals surface area contributed by atoms with Gasteiger partial charge in [-0.25, -0.2) is 9.78 Å². The number of nitrogens with zero attached hydrogens (tertiary/aromatic N) is 2. The van der Waals surface area contributed by atoms with Crippen molar-refractivity contribution in [2.75, 3.05) is 0 Å². The van der Waals surface area contributed by atoms with Crippen molar-refractivity contribution in [3.05, 3.63) is 58.4 Å². The van der Waals surface area contributed by atoms with Crippen molar-refractivity contribution in [1.29, 1.82) is 0 Å². The van der Waals surface area contributed by atoms with E-state index < -0.39 is 23.9 Å². The molecule has 0 fully saturated rings. The first-order chi connectivity index (χ1) is 12.1. The number of carboxylic acid groups (broad SMARTS) is 1. The molecule has 2 aromatic rings. The first-order valence-electron chi connectivity index (χ1n) is 7.56. The number of aliphatic imine (C=N–C) groups is 1. The van der Waals surface area contributed by atoms with Gasteiger partial charge in [0, 0.05) is 6.42 Å². The van der Waals surface area contributed by atoms with E-state index >= 15 is 0 Å². The van der Waals surface area contributed by atoms with Gasteiger partial charge < -0.3 is 15.6 Å².